The molecule has 2 fully saturated rings. The summed E-state index contributed by atoms with van der Waals surface area (Å²) in [5.41, 5.74) is 0.656. The van der Waals surface area contributed by atoms with Crippen LogP contribution in [0, 0.1) is 6.92 Å². The number of methoxy groups -OCH3 is 1. The van der Waals surface area contributed by atoms with Gasteiger partial charge in [0.2, 0.25) is 21.9 Å². The molecule has 1 aromatic heterocycles. The molecule has 186 valence electrons. The summed E-state index contributed by atoms with van der Waals surface area (Å²) >= 11 is 0. The second-order valence-electron chi connectivity index (χ2n) is 9.11. The molecule has 1 aromatic rings. The van der Waals surface area contributed by atoms with E-state index in [4.69, 9.17) is 4.74 Å². The molecule has 0 aromatic carbocycles. The van der Waals surface area contributed by atoms with E-state index in [9.17, 15) is 22.0 Å². The van der Waals surface area contributed by atoms with Gasteiger partial charge in [0.25, 0.3) is 0 Å². The van der Waals surface area contributed by atoms with Crippen LogP contribution in [0.15, 0.2) is 17.0 Å². The third kappa shape index (κ3) is 5.81. The molecule has 0 spiro atoms. The molecular formula is C22H34F2N4O4S. The number of sulfonamides is 1. The van der Waals surface area contributed by atoms with Crippen LogP contribution < -0.4 is 5.32 Å². The lowest BCUT2D eigenvalue weighted by Crippen LogP contribution is -2.50. The minimum atomic E-state index is -4.02. The molecule has 33 heavy (non-hydrogen) atoms. The van der Waals surface area contributed by atoms with Crippen LogP contribution in [0.25, 0.3) is 0 Å². The zero-order valence-electron chi connectivity index (χ0n) is 19.7. The highest BCUT2D eigenvalue weighted by atomic mass is 32.2. The topological polar surface area (TPSA) is 91.8 Å². The quantitative estimate of drug-likeness (QED) is 0.605. The summed E-state index contributed by atoms with van der Waals surface area (Å²) in [7, 11) is -0.875. The van der Waals surface area contributed by atoms with Crippen LogP contribution in [-0.4, -0.2) is 79.9 Å². The number of carbonyl (C=O) groups excluding carboxylic acids is 1. The molecule has 1 aliphatic carbocycles. The summed E-state index contributed by atoms with van der Waals surface area (Å²) in [4.78, 5) is 19.2. The maximum atomic E-state index is 13.6. The monoisotopic (exact) mass is 488 g/mol. The van der Waals surface area contributed by atoms with E-state index in [1.807, 2.05) is 6.92 Å². The summed E-state index contributed by atoms with van der Waals surface area (Å²) in [5, 5.41) is 3.10. The van der Waals surface area contributed by atoms with Crippen LogP contribution in [0.5, 0.6) is 0 Å². The minimum absolute atomic E-state index is 0.00992. The number of alkyl halides is 2. The fraction of sp³-hybridized carbons (Fsp3) is 0.727. The maximum Gasteiger partial charge on any atom is 0.248 e. The Morgan fingerprint density at radius 3 is 2.64 bits per heavy atom. The molecule has 8 nitrogen and oxygen atoms in total. The van der Waals surface area contributed by atoms with Gasteiger partial charge in [-0.2, -0.15) is 4.31 Å². The highest BCUT2D eigenvalue weighted by molar-refractivity contribution is 7.89. The van der Waals surface area contributed by atoms with Gasteiger partial charge in [-0.1, -0.05) is 0 Å². The Kier molecular flexibility index (Phi) is 7.95. The fourth-order valence-corrected chi connectivity index (χ4v) is 6.35. The molecule has 0 radical (unpaired) electrons. The van der Waals surface area contributed by atoms with Crippen LogP contribution in [0.3, 0.4) is 0 Å². The second-order valence-corrected chi connectivity index (χ2v) is 11.0. The summed E-state index contributed by atoms with van der Waals surface area (Å²) in [6.07, 6.45) is 0.850. The first-order valence-corrected chi connectivity index (χ1v) is 12.8. The van der Waals surface area contributed by atoms with E-state index < -0.39 is 22.0 Å². The number of anilines is 1. The smallest absolute Gasteiger partial charge is 0.248 e. The number of hydrogen-bond donors (Lipinski definition) is 1. The Bertz CT molecular complexity index is 950. The van der Waals surface area contributed by atoms with Crippen molar-refractivity contribution in [2.24, 2.45) is 0 Å². The van der Waals surface area contributed by atoms with Crippen molar-refractivity contribution in [2.75, 3.05) is 32.6 Å². The number of nitrogens with zero attached hydrogens (tertiary/aromatic N) is 3. The zero-order chi connectivity index (χ0) is 24.4. The molecule has 2 heterocycles. The van der Waals surface area contributed by atoms with E-state index in [-0.39, 0.29) is 60.9 Å². The van der Waals surface area contributed by atoms with Crippen molar-refractivity contribution >= 4 is 21.7 Å². The van der Waals surface area contributed by atoms with Crippen LogP contribution in [-0.2, 0) is 19.6 Å². The molecule has 0 unspecified atom stereocenters. The predicted molar refractivity (Wildman–Crippen MR) is 121 cm³/mol. The Hall–Kier alpha value is -1.85. The Morgan fingerprint density at radius 1 is 1.33 bits per heavy atom. The maximum absolute atomic E-state index is 13.6. The van der Waals surface area contributed by atoms with Crippen molar-refractivity contribution in [3.05, 3.63) is 17.8 Å². The van der Waals surface area contributed by atoms with Crippen molar-refractivity contribution in [3.8, 4) is 0 Å². The number of aromatic nitrogens is 1. The number of halogens is 2. The van der Waals surface area contributed by atoms with Gasteiger partial charge < -0.3 is 15.0 Å². The highest BCUT2D eigenvalue weighted by Gasteiger charge is 2.44. The number of rotatable bonds is 8. The number of likely N-dealkylation sites (N-methyl/N-ethyl adjacent to an activating group) is 1. The van der Waals surface area contributed by atoms with Crippen molar-refractivity contribution in [1.29, 1.82) is 0 Å². The summed E-state index contributed by atoms with van der Waals surface area (Å²) in [5.74, 6) is -2.81. The van der Waals surface area contributed by atoms with Gasteiger partial charge >= 0.3 is 0 Å². The highest BCUT2D eigenvalue weighted by Crippen LogP contribution is 2.36. The largest absolute Gasteiger partial charge is 0.383 e. The third-order valence-corrected chi connectivity index (χ3v) is 8.39. The number of pyridine rings is 1. The van der Waals surface area contributed by atoms with Crippen molar-refractivity contribution in [3.63, 3.8) is 0 Å². The van der Waals surface area contributed by atoms with Crippen molar-refractivity contribution in [1.82, 2.24) is 14.2 Å². The van der Waals surface area contributed by atoms with Gasteiger partial charge in [0.15, 0.2) is 0 Å². The molecule has 1 saturated carbocycles. The van der Waals surface area contributed by atoms with Gasteiger partial charge in [-0.3, -0.25) is 4.79 Å². The van der Waals surface area contributed by atoms with Gasteiger partial charge in [-0.05, 0) is 51.7 Å². The number of ether oxygens (including phenoxy) is 1. The van der Waals surface area contributed by atoms with Crippen LogP contribution in [0.4, 0.5) is 14.6 Å². The molecule has 3 rings (SSSR count). The summed E-state index contributed by atoms with van der Waals surface area (Å²) in [6, 6.07) is 1.79. The average molecular weight is 489 g/mol. The molecular weight excluding hydrogens is 454 g/mol. The van der Waals surface area contributed by atoms with Crippen LogP contribution >= 0.6 is 0 Å². The molecule has 1 aliphatic heterocycles. The zero-order valence-corrected chi connectivity index (χ0v) is 20.5. The van der Waals surface area contributed by atoms with E-state index in [2.05, 4.69) is 10.3 Å². The second kappa shape index (κ2) is 10.2. The standard InChI is InChI=1S/C22H34F2N4O4S/c1-15-7-8-19(20(25-15)26-16(2)14-32-4)33(30,31)28-13-5-6-18(28)21(29)27(3)17-9-11-22(23,24)12-10-17/h7-8,16-18H,5-6,9-14H2,1-4H3,(H,25,26)/t16-,18-/m0/s1. The number of carbonyl (C=O) groups is 1. The van der Waals surface area contributed by atoms with E-state index in [1.54, 1.807) is 27.1 Å². The minimum Gasteiger partial charge on any atom is -0.383 e. The normalized spacial score (nSPS) is 22.8. The van der Waals surface area contributed by atoms with Gasteiger partial charge in [0, 0.05) is 51.3 Å². The van der Waals surface area contributed by atoms with Crippen LogP contribution in [0.2, 0.25) is 0 Å². The Balaban J connectivity index is 1.82. The summed E-state index contributed by atoms with van der Waals surface area (Å²) < 4.78 is 60.8. The molecule has 11 heteroatoms. The van der Waals surface area contributed by atoms with Crippen molar-refractivity contribution in [2.45, 2.75) is 81.3 Å². The van der Waals surface area contributed by atoms with Gasteiger partial charge in [-0.25, -0.2) is 22.2 Å². The average Bonchev–Trinajstić information content (AvgIpc) is 3.23. The van der Waals surface area contributed by atoms with E-state index >= 15 is 0 Å². The van der Waals surface area contributed by atoms with Gasteiger partial charge in [0.05, 0.1) is 6.61 Å². The molecule has 1 N–H and O–H groups in total. The first kappa shape index (κ1) is 25.8. The number of amides is 1. The van der Waals surface area contributed by atoms with Crippen LogP contribution in [0.1, 0.15) is 51.1 Å². The lowest BCUT2D eigenvalue weighted by atomic mass is 9.91. The SMILES string of the molecule is COC[C@H](C)Nc1nc(C)ccc1S(=O)(=O)N1CCC[C@H]1C(=O)N(C)C1CCC(F)(F)CC1. The molecule has 1 saturated heterocycles. The van der Waals surface area contributed by atoms with Gasteiger partial charge in [0.1, 0.15) is 16.8 Å². The van der Waals surface area contributed by atoms with Crippen molar-refractivity contribution < 1.29 is 26.7 Å². The molecule has 1 amide bonds. The van der Waals surface area contributed by atoms with Gasteiger partial charge in [-0.15, -0.1) is 0 Å². The Labute approximate surface area is 194 Å². The van der Waals surface area contributed by atoms with E-state index in [1.165, 1.54) is 15.3 Å². The van der Waals surface area contributed by atoms with E-state index in [0.29, 0.717) is 25.1 Å². The summed E-state index contributed by atoms with van der Waals surface area (Å²) in [6.45, 7) is 4.21. The number of aryl methyl sites for hydroxylation is 1. The fourth-order valence-electron chi connectivity index (χ4n) is 4.61. The lowest BCUT2D eigenvalue weighted by Gasteiger charge is -2.37. The molecule has 0 bridgehead atoms. The number of hydrogen-bond acceptors (Lipinski definition) is 6. The Morgan fingerprint density at radius 2 is 2.00 bits per heavy atom. The number of nitrogens with one attached hydrogen (secondary N) is 1. The first-order chi connectivity index (χ1) is 15.5. The molecule has 2 atom stereocenters. The third-order valence-electron chi connectivity index (χ3n) is 6.45. The first-order valence-electron chi connectivity index (χ1n) is 11.4. The van der Waals surface area contributed by atoms with E-state index in [0.717, 1.165) is 0 Å². The lowest BCUT2D eigenvalue weighted by molar-refractivity contribution is -0.138. The predicted octanol–water partition coefficient (Wildman–Crippen LogP) is 3.03. The molecule has 2 aliphatic rings.